The van der Waals surface area contributed by atoms with Gasteiger partial charge in [-0.25, -0.2) is 4.90 Å². The van der Waals surface area contributed by atoms with Crippen molar-refractivity contribution < 1.29 is 14.7 Å². The molecule has 0 bridgehead atoms. The van der Waals surface area contributed by atoms with Crippen LogP contribution in [0.2, 0.25) is 10.0 Å². The number of halogens is 2. The first-order chi connectivity index (χ1) is 13.4. The van der Waals surface area contributed by atoms with Crippen LogP contribution in [0, 0.1) is 0 Å². The van der Waals surface area contributed by atoms with Crippen LogP contribution in [0.1, 0.15) is 12.0 Å². The number of amides is 2. The second-order valence-electron chi connectivity index (χ2n) is 5.72. The van der Waals surface area contributed by atoms with Crippen molar-refractivity contribution in [3.05, 3.63) is 58.1 Å². The Morgan fingerprint density at radius 1 is 1.25 bits per heavy atom. The fourth-order valence-electron chi connectivity index (χ4n) is 2.52. The number of carbonyl (C=O) groups excluding carboxylic acids is 2. The van der Waals surface area contributed by atoms with Gasteiger partial charge in [-0.2, -0.15) is 5.10 Å². The number of hydrogen-bond donors (Lipinski definition) is 2. The van der Waals surface area contributed by atoms with Crippen molar-refractivity contribution in [2.24, 2.45) is 15.9 Å². The van der Waals surface area contributed by atoms with Gasteiger partial charge in [-0.05, 0) is 30.3 Å². The number of benzene rings is 2. The highest BCUT2D eigenvalue weighted by Gasteiger charge is 2.41. The summed E-state index contributed by atoms with van der Waals surface area (Å²) in [6.45, 7) is 0. The van der Waals surface area contributed by atoms with E-state index in [9.17, 15) is 14.7 Å². The molecular weight excluding hydrogens is 423 g/mol. The molecule has 2 aromatic carbocycles. The standard InChI is InChI=1S/C18H14Cl2N4O3S/c19-11-5-6-12(20)13(7-11)24-16(26)8-15(17(24)27)28-18(21)23-22-9-10-3-1-2-4-14(10)25/h1-7,9,15,25H,8H2,(H2,21,23)/b22-9+/t15-/m1/s1. The Kier molecular flexibility index (Phi) is 6.23. The Morgan fingerprint density at radius 2 is 2.00 bits per heavy atom. The minimum atomic E-state index is -0.744. The summed E-state index contributed by atoms with van der Waals surface area (Å²) in [6, 6.07) is 11.1. The minimum Gasteiger partial charge on any atom is -0.507 e. The molecule has 1 aliphatic heterocycles. The maximum atomic E-state index is 12.7. The number of rotatable bonds is 4. The van der Waals surface area contributed by atoms with Gasteiger partial charge in [-0.1, -0.05) is 47.1 Å². The Balaban J connectivity index is 1.71. The predicted octanol–water partition coefficient (Wildman–Crippen LogP) is 3.41. The van der Waals surface area contributed by atoms with Crippen molar-refractivity contribution in [2.75, 3.05) is 4.90 Å². The van der Waals surface area contributed by atoms with Gasteiger partial charge in [0.25, 0.3) is 0 Å². The molecule has 0 spiro atoms. The topological polar surface area (TPSA) is 108 Å². The van der Waals surface area contributed by atoms with Gasteiger partial charge in [0, 0.05) is 17.0 Å². The third-order valence-corrected chi connectivity index (χ3v) is 5.34. The Hall–Kier alpha value is -2.55. The SMILES string of the molecule is NC(=N/N=C/c1ccccc1O)S[C@@H]1CC(=O)N(c2cc(Cl)ccc2Cl)C1=O. The number of nitrogens with zero attached hydrogens (tertiary/aromatic N) is 3. The van der Waals surface area contributed by atoms with Crippen molar-refractivity contribution in [3.63, 3.8) is 0 Å². The average Bonchev–Trinajstić information content (AvgIpc) is 2.92. The maximum absolute atomic E-state index is 12.7. The minimum absolute atomic E-state index is 0.0110. The van der Waals surface area contributed by atoms with E-state index in [-0.39, 0.29) is 28.0 Å². The van der Waals surface area contributed by atoms with Crippen LogP contribution < -0.4 is 10.6 Å². The van der Waals surface area contributed by atoms with E-state index in [1.807, 2.05) is 0 Å². The first-order valence-electron chi connectivity index (χ1n) is 8.00. The predicted molar refractivity (Wildman–Crippen MR) is 112 cm³/mol. The number of phenols is 1. The summed E-state index contributed by atoms with van der Waals surface area (Å²) in [5.74, 6) is -0.808. The number of aromatic hydroxyl groups is 1. The van der Waals surface area contributed by atoms with Gasteiger partial charge in [0.1, 0.15) is 11.0 Å². The van der Waals surface area contributed by atoms with Crippen LogP contribution in [0.4, 0.5) is 5.69 Å². The Bertz CT molecular complexity index is 997. The fraction of sp³-hybridized carbons (Fsp3) is 0.111. The van der Waals surface area contributed by atoms with Crippen molar-refractivity contribution in [1.82, 2.24) is 0 Å². The van der Waals surface area contributed by atoms with E-state index < -0.39 is 17.1 Å². The van der Waals surface area contributed by atoms with Crippen LogP contribution in [0.25, 0.3) is 0 Å². The van der Waals surface area contributed by atoms with E-state index in [1.165, 1.54) is 24.4 Å². The molecule has 1 heterocycles. The number of imide groups is 1. The molecule has 1 aliphatic rings. The molecule has 3 N–H and O–H groups in total. The molecule has 0 aliphatic carbocycles. The zero-order chi connectivity index (χ0) is 20.3. The summed E-state index contributed by atoms with van der Waals surface area (Å²) < 4.78 is 0. The fourth-order valence-corrected chi connectivity index (χ4v) is 3.71. The zero-order valence-corrected chi connectivity index (χ0v) is 16.6. The van der Waals surface area contributed by atoms with Gasteiger partial charge in [0.15, 0.2) is 5.17 Å². The number of anilines is 1. The largest absolute Gasteiger partial charge is 0.507 e. The average molecular weight is 437 g/mol. The lowest BCUT2D eigenvalue weighted by atomic mass is 10.2. The number of hydrogen-bond acceptors (Lipinski definition) is 6. The van der Waals surface area contributed by atoms with Crippen molar-refractivity contribution in [2.45, 2.75) is 11.7 Å². The summed E-state index contributed by atoms with van der Waals surface area (Å²) in [7, 11) is 0. The molecule has 28 heavy (non-hydrogen) atoms. The molecule has 2 aromatic rings. The summed E-state index contributed by atoms with van der Waals surface area (Å²) in [4.78, 5) is 26.0. The lowest BCUT2D eigenvalue weighted by molar-refractivity contribution is -0.121. The first kappa shape index (κ1) is 20.2. The number of para-hydroxylation sites is 1. The van der Waals surface area contributed by atoms with Gasteiger partial charge in [-0.15, -0.1) is 5.10 Å². The van der Waals surface area contributed by atoms with E-state index in [2.05, 4.69) is 10.2 Å². The molecule has 1 atom stereocenters. The smallest absolute Gasteiger partial charge is 0.247 e. The van der Waals surface area contributed by atoms with Crippen LogP contribution in [0.15, 0.2) is 52.7 Å². The first-order valence-corrected chi connectivity index (χ1v) is 9.63. The van der Waals surface area contributed by atoms with Gasteiger partial charge < -0.3 is 10.8 Å². The molecule has 10 heteroatoms. The van der Waals surface area contributed by atoms with E-state index in [1.54, 1.807) is 24.3 Å². The maximum Gasteiger partial charge on any atom is 0.247 e. The van der Waals surface area contributed by atoms with Gasteiger partial charge in [0.2, 0.25) is 11.8 Å². The summed E-state index contributed by atoms with van der Waals surface area (Å²) >= 11 is 13.0. The molecule has 1 fully saturated rings. The van der Waals surface area contributed by atoms with E-state index in [0.29, 0.717) is 10.6 Å². The molecule has 3 rings (SSSR count). The third kappa shape index (κ3) is 4.46. The Morgan fingerprint density at radius 3 is 2.75 bits per heavy atom. The monoisotopic (exact) mass is 436 g/mol. The number of amidine groups is 1. The van der Waals surface area contributed by atoms with Gasteiger partial charge in [0.05, 0.1) is 16.9 Å². The van der Waals surface area contributed by atoms with E-state index in [0.717, 1.165) is 16.7 Å². The number of phenolic OH excluding ortho intramolecular Hbond substituents is 1. The van der Waals surface area contributed by atoms with E-state index >= 15 is 0 Å². The van der Waals surface area contributed by atoms with Crippen molar-refractivity contribution >= 4 is 63.8 Å². The van der Waals surface area contributed by atoms with Crippen LogP contribution in [-0.2, 0) is 9.59 Å². The quantitative estimate of drug-likeness (QED) is 0.330. The number of thioether (sulfide) groups is 1. The molecule has 0 unspecified atom stereocenters. The Labute approximate surface area is 174 Å². The highest BCUT2D eigenvalue weighted by atomic mass is 35.5. The second-order valence-corrected chi connectivity index (χ2v) is 7.78. The number of nitrogens with two attached hydrogens (primary N) is 1. The highest BCUT2D eigenvalue weighted by Crippen LogP contribution is 2.35. The van der Waals surface area contributed by atoms with Gasteiger partial charge >= 0.3 is 0 Å². The van der Waals surface area contributed by atoms with Crippen molar-refractivity contribution in [1.29, 1.82) is 0 Å². The zero-order valence-electron chi connectivity index (χ0n) is 14.3. The molecule has 0 radical (unpaired) electrons. The molecule has 7 nitrogen and oxygen atoms in total. The third-order valence-electron chi connectivity index (χ3n) is 3.81. The lowest BCUT2D eigenvalue weighted by Crippen LogP contribution is -2.32. The second kappa shape index (κ2) is 8.64. The van der Waals surface area contributed by atoms with E-state index in [4.69, 9.17) is 28.9 Å². The summed E-state index contributed by atoms with van der Waals surface area (Å²) in [5, 5.41) is 17.1. The highest BCUT2D eigenvalue weighted by molar-refractivity contribution is 8.14. The molecule has 1 saturated heterocycles. The molecule has 0 aromatic heterocycles. The van der Waals surface area contributed by atoms with Crippen LogP contribution >= 0.6 is 35.0 Å². The molecular formula is C18H14Cl2N4O3S. The summed E-state index contributed by atoms with van der Waals surface area (Å²) in [5.41, 5.74) is 6.52. The lowest BCUT2D eigenvalue weighted by Gasteiger charge is -2.16. The molecule has 144 valence electrons. The van der Waals surface area contributed by atoms with Crippen LogP contribution in [0.3, 0.4) is 0 Å². The van der Waals surface area contributed by atoms with Crippen molar-refractivity contribution in [3.8, 4) is 5.75 Å². The van der Waals surface area contributed by atoms with Crippen LogP contribution in [0.5, 0.6) is 5.75 Å². The normalized spacial score (nSPS) is 17.7. The molecule has 0 saturated carbocycles. The molecule has 2 amide bonds. The summed E-state index contributed by atoms with van der Waals surface area (Å²) in [6.07, 6.45) is 1.29. The number of carbonyl (C=O) groups is 2. The van der Waals surface area contributed by atoms with Crippen LogP contribution in [-0.4, -0.2) is 33.6 Å². The van der Waals surface area contributed by atoms with Gasteiger partial charge in [-0.3, -0.25) is 9.59 Å².